The second kappa shape index (κ2) is 10.00. The molecule has 0 N–H and O–H groups in total. The molecule has 35 heavy (non-hydrogen) atoms. The number of hydrogen-bond donors (Lipinski definition) is 0. The average Bonchev–Trinajstić information content (AvgIpc) is 3.50. The first kappa shape index (κ1) is 23.2. The van der Waals surface area contributed by atoms with E-state index in [0.717, 1.165) is 36.5 Å². The number of nitrogens with zero attached hydrogens (tertiary/aromatic N) is 4. The first-order valence-corrected chi connectivity index (χ1v) is 12.8. The quantitative estimate of drug-likeness (QED) is 0.472. The summed E-state index contributed by atoms with van der Waals surface area (Å²) in [6.45, 7) is 2.14. The lowest BCUT2D eigenvalue weighted by molar-refractivity contribution is -0.134. The van der Waals surface area contributed by atoms with Crippen LogP contribution in [0.25, 0.3) is 0 Å². The average molecular weight is 489 g/mol. The van der Waals surface area contributed by atoms with Gasteiger partial charge in [0.1, 0.15) is 5.01 Å². The van der Waals surface area contributed by atoms with Crippen LogP contribution in [-0.2, 0) is 17.8 Å². The lowest BCUT2D eigenvalue weighted by atomic mass is 9.94. The molecule has 3 heterocycles. The van der Waals surface area contributed by atoms with Gasteiger partial charge in [-0.05, 0) is 37.0 Å². The normalized spacial score (nSPS) is 17.6. The van der Waals surface area contributed by atoms with Crippen molar-refractivity contribution in [2.24, 2.45) is 5.92 Å². The molecule has 0 bridgehead atoms. The summed E-state index contributed by atoms with van der Waals surface area (Å²) in [5, 5.41) is 2.56. The number of piperidine rings is 1. The zero-order valence-electron chi connectivity index (χ0n) is 19.7. The lowest BCUT2D eigenvalue weighted by Gasteiger charge is -2.36. The lowest BCUT2D eigenvalue weighted by Crippen LogP contribution is -2.44. The van der Waals surface area contributed by atoms with E-state index in [1.165, 1.54) is 21.8 Å². The third-order valence-corrected chi connectivity index (χ3v) is 7.58. The Kier molecular flexibility index (Phi) is 6.63. The van der Waals surface area contributed by atoms with E-state index in [1.54, 1.807) is 12.3 Å². The molecule has 0 radical (unpaired) electrons. The van der Waals surface area contributed by atoms with Gasteiger partial charge in [-0.3, -0.25) is 19.3 Å². The Balaban J connectivity index is 1.30. The molecule has 3 aromatic rings. The van der Waals surface area contributed by atoms with Crippen molar-refractivity contribution in [3.8, 4) is 0 Å². The molecule has 5 rings (SSSR count). The van der Waals surface area contributed by atoms with Crippen LogP contribution in [0.1, 0.15) is 44.1 Å². The first-order valence-electron chi connectivity index (χ1n) is 11.9. The summed E-state index contributed by atoms with van der Waals surface area (Å²) in [6.07, 6.45) is 4.17. The maximum absolute atomic E-state index is 13.3. The summed E-state index contributed by atoms with van der Waals surface area (Å²) >= 11 is 1.42. The zero-order chi connectivity index (χ0) is 24.4. The van der Waals surface area contributed by atoms with E-state index in [4.69, 9.17) is 0 Å². The largest absolute Gasteiger partial charge is 0.370 e. The fraction of sp³-hybridized carbons (Fsp3) is 0.333. The van der Waals surface area contributed by atoms with Crippen molar-refractivity contribution in [3.05, 3.63) is 81.8 Å². The van der Waals surface area contributed by atoms with Crippen molar-refractivity contribution in [1.82, 2.24) is 14.8 Å². The third-order valence-electron chi connectivity index (χ3n) is 6.82. The maximum Gasteiger partial charge on any atom is 0.264 e. The molecule has 2 aliphatic heterocycles. The molecule has 0 spiro atoms. The highest BCUT2D eigenvalue weighted by molar-refractivity contribution is 7.09. The minimum absolute atomic E-state index is 0.131. The number of amides is 3. The zero-order valence-corrected chi connectivity index (χ0v) is 20.5. The molecule has 1 saturated heterocycles. The second-order valence-corrected chi connectivity index (χ2v) is 10.1. The fourth-order valence-corrected chi connectivity index (χ4v) is 5.55. The molecule has 0 saturated carbocycles. The molecule has 8 heteroatoms. The van der Waals surface area contributed by atoms with E-state index < -0.39 is 0 Å². The number of imide groups is 1. The van der Waals surface area contributed by atoms with Crippen LogP contribution in [0.4, 0.5) is 5.69 Å². The Hall–Kier alpha value is -3.52. The van der Waals surface area contributed by atoms with Gasteiger partial charge < -0.3 is 9.80 Å². The molecular weight excluding hydrogens is 460 g/mol. The van der Waals surface area contributed by atoms with Gasteiger partial charge in [0.25, 0.3) is 11.8 Å². The van der Waals surface area contributed by atoms with Crippen LogP contribution in [0.2, 0.25) is 0 Å². The van der Waals surface area contributed by atoms with Crippen LogP contribution >= 0.6 is 11.3 Å². The highest BCUT2D eigenvalue weighted by Gasteiger charge is 2.40. The standard InChI is InChI=1S/C27H28N4O3S/c1-29(15-12-19-7-3-2-4-8-19)25(32)20-9-6-14-30(17-20)22-11-5-10-21-24(22)27(34)31(26(21)33)18-23-28-13-16-35-23/h2-5,7-8,10-11,13,16,20H,6,9,12,14-15,17-18H2,1H3. The number of anilines is 1. The maximum atomic E-state index is 13.3. The topological polar surface area (TPSA) is 73.8 Å². The summed E-state index contributed by atoms with van der Waals surface area (Å²) < 4.78 is 0. The molecule has 1 aromatic heterocycles. The van der Waals surface area contributed by atoms with E-state index >= 15 is 0 Å². The van der Waals surface area contributed by atoms with Crippen LogP contribution in [0.5, 0.6) is 0 Å². The van der Waals surface area contributed by atoms with Gasteiger partial charge in [0.2, 0.25) is 5.91 Å². The SMILES string of the molecule is CN(CCc1ccccc1)C(=O)C1CCCN(c2cccc3c2C(=O)N(Cc2nccs2)C3=O)C1. The molecule has 1 atom stereocenters. The van der Waals surface area contributed by atoms with Gasteiger partial charge in [0.05, 0.1) is 29.3 Å². The molecule has 1 unspecified atom stereocenters. The molecule has 180 valence electrons. The molecule has 2 aliphatic rings. The van der Waals surface area contributed by atoms with Crippen LogP contribution in [-0.4, -0.2) is 59.2 Å². The van der Waals surface area contributed by atoms with Crippen LogP contribution in [0, 0.1) is 5.92 Å². The van der Waals surface area contributed by atoms with Gasteiger partial charge in [0, 0.05) is 38.3 Å². The Morgan fingerprint density at radius 3 is 2.71 bits per heavy atom. The van der Waals surface area contributed by atoms with Crippen molar-refractivity contribution >= 4 is 34.7 Å². The summed E-state index contributed by atoms with van der Waals surface area (Å²) in [6, 6.07) is 15.6. The molecule has 3 amide bonds. The van der Waals surface area contributed by atoms with Gasteiger partial charge in [0.15, 0.2) is 0 Å². The fourth-order valence-electron chi connectivity index (χ4n) is 4.95. The van der Waals surface area contributed by atoms with Gasteiger partial charge >= 0.3 is 0 Å². The Labute approximate surface area is 209 Å². The smallest absolute Gasteiger partial charge is 0.264 e. The van der Waals surface area contributed by atoms with Crippen molar-refractivity contribution in [2.45, 2.75) is 25.8 Å². The van der Waals surface area contributed by atoms with E-state index in [0.29, 0.717) is 24.2 Å². The molecule has 7 nitrogen and oxygen atoms in total. The molecule has 2 aromatic carbocycles. The van der Waals surface area contributed by atoms with E-state index in [9.17, 15) is 14.4 Å². The minimum atomic E-state index is -0.288. The van der Waals surface area contributed by atoms with Crippen molar-refractivity contribution in [3.63, 3.8) is 0 Å². The monoisotopic (exact) mass is 488 g/mol. The van der Waals surface area contributed by atoms with Crippen molar-refractivity contribution in [1.29, 1.82) is 0 Å². The summed E-state index contributed by atoms with van der Waals surface area (Å²) in [7, 11) is 1.86. The number of hydrogen-bond acceptors (Lipinski definition) is 6. The van der Waals surface area contributed by atoms with Gasteiger partial charge in [-0.25, -0.2) is 4.98 Å². The number of fused-ring (bicyclic) bond motifs is 1. The number of rotatable bonds is 7. The summed E-state index contributed by atoms with van der Waals surface area (Å²) in [5.74, 6) is -0.582. The number of carbonyl (C=O) groups is 3. The van der Waals surface area contributed by atoms with Crippen molar-refractivity contribution < 1.29 is 14.4 Å². The number of benzene rings is 2. The highest BCUT2D eigenvalue weighted by Crippen LogP contribution is 2.35. The highest BCUT2D eigenvalue weighted by atomic mass is 32.1. The predicted molar refractivity (Wildman–Crippen MR) is 135 cm³/mol. The molecule has 0 aliphatic carbocycles. The summed E-state index contributed by atoms with van der Waals surface area (Å²) in [4.78, 5) is 49.0. The third kappa shape index (κ3) is 4.71. The van der Waals surface area contributed by atoms with E-state index in [1.807, 2.05) is 47.7 Å². The number of thiazole rings is 1. The first-order chi connectivity index (χ1) is 17.0. The minimum Gasteiger partial charge on any atom is -0.370 e. The predicted octanol–water partition coefficient (Wildman–Crippen LogP) is 3.86. The Morgan fingerprint density at radius 1 is 1.11 bits per heavy atom. The molecular formula is C27H28N4O3S. The van der Waals surface area contributed by atoms with Gasteiger partial charge in [-0.1, -0.05) is 36.4 Å². The Bertz CT molecular complexity index is 1230. The van der Waals surface area contributed by atoms with Gasteiger partial charge in [-0.15, -0.1) is 11.3 Å². The van der Waals surface area contributed by atoms with E-state index in [2.05, 4.69) is 22.0 Å². The number of aromatic nitrogens is 1. The van der Waals surface area contributed by atoms with Crippen LogP contribution in [0.3, 0.4) is 0 Å². The number of likely N-dealkylation sites (N-methyl/N-ethyl adjacent to an activating group) is 1. The number of carbonyl (C=O) groups excluding carboxylic acids is 3. The van der Waals surface area contributed by atoms with Crippen LogP contribution < -0.4 is 4.90 Å². The van der Waals surface area contributed by atoms with Crippen molar-refractivity contribution in [2.75, 3.05) is 31.6 Å². The van der Waals surface area contributed by atoms with Gasteiger partial charge in [-0.2, -0.15) is 0 Å². The van der Waals surface area contributed by atoms with Crippen LogP contribution in [0.15, 0.2) is 60.1 Å². The summed E-state index contributed by atoms with van der Waals surface area (Å²) in [5.41, 5.74) is 2.83. The molecule has 1 fully saturated rings. The Morgan fingerprint density at radius 2 is 1.94 bits per heavy atom. The van der Waals surface area contributed by atoms with E-state index in [-0.39, 0.29) is 30.2 Å². The second-order valence-electron chi connectivity index (χ2n) is 9.10.